The van der Waals surface area contributed by atoms with E-state index in [1.54, 1.807) is 17.8 Å². The summed E-state index contributed by atoms with van der Waals surface area (Å²) in [5, 5.41) is 18.9. The minimum atomic E-state index is -0.175. The fraction of sp³-hybridized carbons (Fsp3) is 0.583. The van der Waals surface area contributed by atoms with Crippen molar-refractivity contribution < 1.29 is 10.0 Å². The fourth-order valence-corrected chi connectivity index (χ4v) is 2.63. The molecule has 104 valence electrons. The van der Waals surface area contributed by atoms with Crippen molar-refractivity contribution in [3.8, 4) is 0 Å². The minimum Gasteiger partial charge on any atom is -0.409 e. The molecule has 0 spiro atoms. The lowest BCUT2D eigenvalue weighted by Crippen LogP contribution is -2.42. The van der Waals surface area contributed by atoms with Crippen LogP contribution in [-0.4, -0.2) is 32.8 Å². The highest BCUT2D eigenvalue weighted by Gasteiger charge is 2.32. The molecular formula is C12H19N5O2. The molecular weight excluding hydrogens is 246 g/mol. The Kier molecular flexibility index (Phi) is 3.73. The van der Waals surface area contributed by atoms with Crippen LogP contribution in [0.3, 0.4) is 0 Å². The van der Waals surface area contributed by atoms with Gasteiger partial charge >= 0.3 is 0 Å². The molecule has 0 saturated heterocycles. The predicted octanol–water partition coefficient (Wildman–Crippen LogP) is 0.373. The lowest BCUT2D eigenvalue weighted by Gasteiger charge is -2.19. The smallest absolute Gasteiger partial charge is 0.269 e. The van der Waals surface area contributed by atoms with E-state index in [1.165, 1.54) is 0 Å². The number of nitrogens with zero attached hydrogens (tertiary/aromatic N) is 3. The molecule has 1 aliphatic carbocycles. The second-order valence-electron chi connectivity index (χ2n) is 4.94. The van der Waals surface area contributed by atoms with Gasteiger partial charge in [0.1, 0.15) is 11.5 Å². The molecule has 1 aromatic rings. The first-order chi connectivity index (χ1) is 9.02. The van der Waals surface area contributed by atoms with Gasteiger partial charge in [0.05, 0.1) is 5.69 Å². The van der Waals surface area contributed by atoms with Gasteiger partial charge < -0.3 is 16.3 Å². The Bertz CT molecular complexity index is 508. The number of hydrogen-bond acceptors (Lipinski definition) is 4. The van der Waals surface area contributed by atoms with Crippen LogP contribution in [0.1, 0.15) is 35.4 Å². The zero-order valence-electron chi connectivity index (χ0n) is 11.1. The van der Waals surface area contributed by atoms with Crippen molar-refractivity contribution in [1.29, 1.82) is 0 Å². The van der Waals surface area contributed by atoms with Gasteiger partial charge in [0.25, 0.3) is 5.91 Å². The van der Waals surface area contributed by atoms with Gasteiger partial charge in [-0.25, -0.2) is 0 Å². The van der Waals surface area contributed by atoms with Gasteiger partial charge in [-0.05, 0) is 25.8 Å². The van der Waals surface area contributed by atoms with Crippen molar-refractivity contribution in [3.63, 3.8) is 0 Å². The molecule has 1 aliphatic rings. The Hall–Kier alpha value is -2.05. The van der Waals surface area contributed by atoms with Crippen LogP contribution in [0.15, 0.2) is 11.2 Å². The summed E-state index contributed by atoms with van der Waals surface area (Å²) in [6.07, 6.45) is 2.62. The Morgan fingerprint density at radius 1 is 1.63 bits per heavy atom. The molecule has 19 heavy (non-hydrogen) atoms. The van der Waals surface area contributed by atoms with Gasteiger partial charge in [0.2, 0.25) is 0 Å². The van der Waals surface area contributed by atoms with E-state index < -0.39 is 0 Å². The monoisotopic (exact) mass is 265 g/mol. The first-order valence-electron chi connectivity index (χ1n) is 6.32. The molecule has 0 aromatic carbocycles. The number of carbonyl (C=O) groups is 1. The molecule has 4 N–H and O–H groups in total. The van der Waals surface area contributed by atoms with E-state index in [2.05, 4.69) is 15.6 Å². The summed E-state index contributed by atoms with van der Waals surface area (Å²) >= 11 is 0. The summed E-state index contributed by atoms with van der Waals surface area (Å²) in [6, 6.07) is 1.65. The summed E-state index contributed by atoms with van der Waals surface area (Å²) in [6.45, 7) is 1.84. The number of carbonyl (C=O) groups excluding carboxylic acids is 1. The second-order valence-corrected chi connectivity index (χ2v) is 4.94. The van der Waals surface area contributed by atoms with E-state index in [9.17, 15) is 4.79 Å². The number of aryl methyl sites for hydroxylation is 2. The van der Waals surface area contributed by atoms with E-state index in [1.807, 2.05) is 6.92 Å². The fourth-order valence-electron chi connectivity index (χ4n) is 2.63. The average molecular weight is 265 g/mol. The van der Waals surface area contributed by atoms with Crippen LogP contribution in [0.5, 0.6) is 0 Å². The zero-order chi connectivity index (χ0) is 14.0. The Balaban J connectivity index is 2.08. The van der Waals surface area contributed by atoms with Crippen molar-refractivity contribution in [3.05, 3.63) is 17.5 Å². The van der Waals surface area contributed by atoms with E-state index >= 15 is 0 Å². The van der Waals surface area contributed by atoms with Gasteiger partial charge in [-0.1, -0.05) is 11.6 Å². The lowest BCUT2D eigenvalue weighted by molar-refractivity contribution is 0.0923. The maximum Gasteiger partial charge on any atom is 0.269 e. The summed E-state index contributed by atoms with van der Waals surface area (Å²) in [5.74, 6) is -0.0852. The van der Waals surface area contributed by atoms with Gasteiger partial charge in [-0.15, -0.1) is 0 Å². The summed E-state index contributed by atoms with van der Waals surface area (Å²) in [4.78, 5) is 12.2. The summed E-state index contributed by atoms with van der Waals surface area (Å²) in [7, 11) is 1.73. The topological polar surface area (TPSA) is 106 Å². The maximum absolute atomic E-state index is 12.2. The number of nitrogens with one attached hydrogen (secondary N) is 1. The standard InChI is InChI=1S/C12H19N5O2/c1-7-6-10(17(2)15-7)12(18)14-9-5-3-4-8(9)11(13)16-19/h6,8-9,19H,3-5H2,1-2H3,(H2,13,16)(H,14,18). The highest BCUT2D eigenvalue weighted by atomic mass is 16.4. The summed E-state index contributed by atoms with van der Waals surface area (Å²) < 4.78 is 1.55. The molecule has 2 rings (SSSR count). The van der Waals surface area contributed by atoms with E-state index in [4.69, 9.17) is 10.9 Å². The molecule has 1 saturated carbocycles. The van der Waals surface area contributed by atoms with E-state index in [-0.39, 0.29) is 23.7 Å². The number of hydrogen-bond donors (Lipinski definition) is 3. The Morgan fingerprint density at radius 3 is 2.95 bits per heavy atom. The van der Waals surface area contributed by atoms with Crippen LogP contribution in [-0.2, 0) is 7.05 Å². The molecule has 1 heterocycles. The van der Waals surface area contributed by atoms with Crippen LogP contribution in [0.2, 0.25) is 0 Å². The predicted molar refractivity (Wildman–Crippen MR) is 69.9 cm³/mol. The molecule has 1 fully saturated rings. The van der Waals surface area contributed by atoms with Crippen molar-refractivity contribution >= 4 is 11.7 Å². The molecule has 1 amide bonds. The lowest BCUT2D eigenvalue weighted by atomic mass is 10.0. The molecule has 7 nitrogen and oxygen atoms in total. The van der Waals surface area contributed by atoms with E-state index in [0.717, 1.165) is 25.0 Å². The molecule has 7 heteroatoms. The Labute approximate surface area is 111 Å². The third-order valence-corrected chi connectivity index (χ3v) is 3.56. The number of oxime groups is 1. The average Bonchev–Trinajstić information content (AvgIpc) is 2.95. The van der Waals surface area contributed by atoms with Crippen molar-refractivity contribution in [2.24, 2.45) is 23.9 Å². The second kappa shape index (κ2) is 5.29. The van der Waals surface area contributed by atoms with Crippen molar-refractivity contribution in [2.75, 3.05) is 0 Å². The van der Waals surface area contributed by atoms with E-state index in [0.29, 0.717) is 5.69 Å². The highest BCUT2D eigenvalue weighted by molar-refractivity contribution is 5.93. The number of nitrogens with two attached hydrogens (primary N) is 1. The van der Waals surface area contributed by atoms with Crippen LogP contribution in [0.25, 0.3) is 0 Å². The third-order valence-electron chi connectivity index (χ3n) is 3.56. The van der Waals surface area contributed by atoms with Crippen LogP contribution >= 0.6 is 0 Å². The molecule has 0 bridgehead atoms. The molecule has 1 aromatic heterocycles. The largest absolute Gasteiger partial charge is 0.409 e. The minimum absolute atomic E-state index is 0.0846. The number of aromatic nitrogens is 2. The normalized spacial score (nSPS) is 23.6. The SMILES string of the molecule is Cc1cc(C(=O)NC2CCCC2C(N)=NO)n(C)n1. The molecule has 0 radical (unpaired) electrons. The van der Waals surface area contributed by atoms with Gasteiger partial charge in [-0.2, -0.15) is 5.10 Å². The zero-order valence-corrected chi connectivity index (χ0v) is 11.1. The van der Waals surface area contributed by atoms with Gasteiger partial charge in [-0.3, -0.25) is 9.48 Å². The summed E-state index contributed by atoms with van der Waals surface area (Å²) in [5.41, 5.74) is 6.96. The van der Waals surface area contributed by atoms with Crippen LogP contribution in [0.4, 0.5) is 0 Å². The van der Waals surface area contributed by atoms with Gasteiger partial charge in [0.15, 0.2) is 0 Å². The molecule has 2 unspecified atom stereocenters. The highest BCUT2D eigenvalue weighted by Crippen LogP contribution is 2.26. The number of amides is 1. The van der Waals surface area contributed by atoms with Crippen LogP contribution < -0.4 is 11.1 Å². The maximum atomic E-state index is 12.2. The Morgan fingerprint density at radius 2 is 2.37 bits per heavy atom. The first-order valence-corrected chi connectivity index (χ1v) is 6.32. The quantitative estimate of drug-likeness (QED) is 0.318. The number of rotatable bonds is 3. The molecule has 2 atom stereocenters. The number of amidine groups is 1. The molecule has 0 aliphatic heterocycles. The van der Waals surface area contributed by atoms with Crippen LogP contribution in [0, 0.1) is 12.8 Å². The van der Waals surface area contributed by atoms with Gasteiger partial charge in [0, 0.05) is 19.0 Å². The third kappa shape index (κ3) is 2.69. The van der Waals surface area contributed by atoms with Crippen molar-refractivity contribution in [1.82, 2.24) is 15.1 Å². The van der Waals surface area contributed by atoms with Crippen molar-refractivity contribution in [2.45, 2.75) is 32.2 Å². The first kappa shape index (κ1) is 13.4.